The SMILES string of the molecule is CC(C)c1nc(C2CC3(CCN(S(=O)(=O)c4cn(C)cn4)CC3)CN2C)no1. The molecule has 2 aliphatic heterocycles. The highest BCUT2D eigenvalue weighted by molar-refractivity contribution is 7.89. The van der Waals surface area contributed by atoms with Gasteiger partial charge in [0, 0.05) is 38.8 Å². The first kappa shape index (κ1) is 19.5. The zero-order chi connectivity index (χ0) is 20.1. The van der Waals surface area contributed by atoms with E-state index >= 15 is 0 Å². The summed E-state index contributed by atoms with van der Waals surface area (Å²) in [5, 5.41) is 4.32. The maximum Gasteiger partial charge on any atom is 0.262 e. The molecule has 1 unspecified atom stereocenters. The summed E-state index contributed by atoms with van der Waals surface area (Å²) in [5.41, 5.74) is 0.0914. The summed E-state index contributed by atoms with van der Waals surface area (Å²) in [6.07, 6.45) is 5.66. The van der Waals surface area contributed by atoms with Gasteiger partial charge in [0.2, 0.25) is 5.89 Å². The van der Waals surface area contributed by atoms with Crippen LogP contribution in [0.3, 0.4) is 0 Å². The number of likely N-dealkylation sites (tertiary alicyclic amines) is 1. The molecule has 1 spiro atoms. The van der Waals surface area contributed by atoms with Crippen LogP contribution in [-0.2, 0) is 17.1 Å². The zero-order valence-corrected chi connectivity index (χ0v) is 17.7. The van der Waals surface area contributed by atoms with Crippen molar-refractivity contribution in [1.82, 2.24) is 28.9 Å². The van der Waals surface area contributed by atoms with Crippen molar-refractivity contribution in [2.45, 2.75) is 50.1 Å². The van der Waals surface area contributed by atoms with Gasteiger partial charge in [0.1, 0.15) is 0 Å². The van der Waals surface area contributed by atoms with E-state index in [2.05, 4.69) is 27.1 Å². The summed E-state index contributed by atoms with van der Waals surface area (Å²) in [4.78, 5) is 10.9. The van der Waals surface area contributed by atoms with E-state index in [9.17, 15) is 8.42 Å². The summed E-state index contributed by atoms with van der Waals surface area (Å²) >= 11 is 0. The van der Waals surface area contributed by atoms with E-state index < -0.39 is 10.0 Å². The first-order valence-electron chi connectivity index (χ1n) is 9.72. The van der Waals surface area contributed by atoms with Crippen LogP contribution in [0.4, 0.5) is 0 Å². The van der Waals surface area contributed by atoms with Gasteiger partial charge in [0.15, 0.2) is 10.9 Å². The molecule has 9 nitrogen and oxygen atoms in total. The van der Waals surface area contributed by atoms with Gasteiger partial charge in [-0.25, -0.2) is 13.4 Å². The molecular weight excluding hydrogens is 380 g/mol. The van der Waals surface area contributed by atoms with Crippen LogP contribution in [0.15, 0.2) is 22.1 Å². The third-order valence-electron chi connectivity index (χ3n) is 6.06. The lowest BCUT2D eigenvalue weighted by atomic mass is 9.77. The number of imidazole rings is 1. The lowest BCUT2D eigenvalue weighted by Crippen LogP contribution is -2.44. The molecule has 154 valence electrons. The van der Waals surface area contributed by atoms with E-state index in [1.165, 1.54) is 6.33 Å². The molecule has 10 heteroatoms. The highest BCUT2D eigenvalue weighted by Gasteiger charge is 2.47. The van der Waals surface area contributed by atoms with Crippen molar-refractivity contribution in [2.24, 2.45) is 12.5 Å². The minimum atomic E-state index is -3.52. The Morgan fingerprint density at radius 2 is 1.96 bits per heavy atom. The molecule has 2 fully saturated rings. The Labute approximate surface area is 165 Å². The minimum absolute atomic E-state index is 0.0914. The van der Waals surface area contributed by atoms with E-state index in [1.807, 2.05) is 13.8 Å². The van der Waals surface area contributed by atoms with Crippen LogP contribution >= 0.6 is 0 Å². The average molecular weight is 409 g/mol. The van der Waals surface area contributed by atoms with Crippen LogP contribution in [-0.4, -0.2) is 64.0 Å². The molecule has 4 rings (SSSR count). The fraction of sp³-hybridized carbons (Fsp3) is 0.722. The molecule has 2 saturated heterocycles. The van der Waals surface area contributed by atoms with Crippen LogP contribution in [0.5, 0.6) is 0 Å². The fourth-order valence-electron chi connectivity index (χ4n) is 4.39. The maximum atomic E-state index is 12.8. The molecule has 0 bridgehead atoms. The summed E-state index contributed by atoms with van der Waals surface area (Å²) < 4.78 is 34.3. The van der Waals surface area contributed by atoms with Crippen LogP contribution in [0, 0.1) is 5.41 Å². The van der Waals surface area contributed by atoms with Crippen molar-refractivity contribution in [3.05, 3.63) is 24.2 Å². The maximum absolute atomic E-state index is 12.8. The predicted octanol–water partition coefficient (Wildman–Crippen LogP) is 1.77. The number of aryl methyl sites for hydroxylation is 1. The largest absolute Gasteiger partial charge is 0.339 e. The second-order valence-electron chi connectivity index (χ2n) is 8.56. The van der Waals surface area contributed by atoms with Crippen LogP contribution in [0.2, 0.25) is 0 Å². The van der Waals surface area contributed by atoms with Crippen molar-refractivity contribution in [3.8, 4) is 0 Å². The fourth-order valence-corrected chi connectivity index (χ4v) is 5.80. The van der Waals surface area contributed by atoms with Crippen molar-refractivity contribution < 1.29 is 12.9 Å². The molecule has 4 heterocycles. The Morgan fingerprint density at radius 3 is 2.54 bits per heavy atom. The Balaban J connectivity index is 1.45. The second-order valence-corrected chi connectivity index (χ2v) is 10.4. The summed E-state index contributed by atoms with van der Waals surface area (Å²) in [6.45, 7) is 6.02. The van der Waals surface area contributed by atoms with E-state index in [-0.39, 0.29) is 22.4 Å². The Bertz CT molecular complexity index is 942. The molecule has 0 aromatic carbocycles. The van der Waals surface area contributed by atoms with E-state index in [0.717, 1.165) is 31.6 Å². The van der Waals surface area contributed by atoms with Gasteiger partial charge in [-0.2, -0.15) is 9.29 Å². The van der Waals surface area contributed by atoms with Gasteiger partial charge < -0.3 is 9.09 Å². The number of hydrogen-bond donors (Lipinski definition) is 0. The lowest BCUT2D eigenvalue weighted by Gasteiger charge is -2.38. The predicted molar refractivity (Wildman–Crippen MR) is 102 cm³/mol. The number of piperidine rings is 1. The molecule has 2 aliphatic rings. The Morgan fingerprint density at radius 1 is 1.25 bits per heavy atom. The molecule has 0 N–H and O–H groups in total. The van der Waals surface area contributed by atoms with Gasteiger partial charge in [-0.1, -0.05) is 19.0 Å². The lowest BCUT2D eigenvalue weighted by molar-refractivity contribution is 0.161. The second kappa shape index (κ2) is 6.93. The molecule has 2 aromatic rings. The standard InChI is InChI=1S/C18H28N6O3S/c1-13(2)17-20-16(21-27-17)14-9-18(11-23(14)4)5-7-24(8-6-18)28(25,26)15-10-22(3)12-19-15/h10,12-14H,5-9,11H2,1-4H3. The number of rotatable bonds is 4. The molecular formula is C18H28N6O3S. The monoisotopic (exact) mass is 408 g/mol. The zero-order valence-electron chi connectivity index (χ0n) is 16.9. The quantitative estimate of drug-likeness (QED) is 0.760. The van der Waals surface area contributed by atoms with Crippen LogP contribution < -0.4 is 0 Å². The molecule has 0 amide bonds. The van der Waals surface area contributed by atoms with Gasteiger partial charge in [-0.3, -0.25) is 4.90 Å². The summed E-state index contributed by atoms with van der Waals surface area (Å²) in [6, 6.07) is 0.121. The number of sulfonamides is 1. The molecule has 0 aliphatic carbocycles. The van der Waals surface area contributed by atoms with Gasteiger partial charge in [-0.15, -0.1) is 0 Å². The van der Waals surface area contributed by atoms with Crippen molar-refractivity contribution in [3.63, 3.8) is 0 Å². The first-order valence-corrected chi connectivity index (χ1v) is 11.2. The molecule has 0 saturated carbocycles. The van der Waals surface area contributed by atoms with Crippen LogP contribution in [0.1, 0.15) is 56.8 Å². The van der Waals surface area contributed by atoms with E-state index in [0.29, 0.717) is 19.0 Å². The van der Waals surface area contributed by atoms with Gasteiger partial charge >= 0.3 is 0 Å². The third kappa shape index (κ3) is 3.37. The topological polar surface area (TPSA) is 97.4 Å². The molecule has 0 radical (unpaired) electrons. The smallest absolute Gasteiger partial charge is 0.262 e. The van der Waals surface area contributed by atoms with Crippen molar-refractivity contribution in [1.29, 1.82) is 0 Å². The number of aromatic nitrogens is 4. The minimum Gasteiger partial charge on any atom is -0.339 e. The first-order chi connectivity index (χ1) is 13.2. The summed E-state index contributed by atoms with van der Waals surface area (Å²) in [5.74, 6) is 1.62. The Hall–Kier alpha value is -1.78. The molecule has 1 atom stereocenters. The molecule has 28 heavy (non-hydrogen) atoms. The third-order valence-corrected chi connectivity index (χ3v) is 7.85. The van der Waals surface area contributed by atoms with Crippen molar-refractivity contribution in [2.75, 3.05) is 26.7 Å². The van der Waals surface area contributed by atoms with Gasteiger partial charge in [-0.05, 0) is 31.7 Å². The molecule has 2 aromatic heterocycles. The summed E-state index contributed by atoms with van der Waals surface area (Å²) in [7, 11) is 0.333. The van der Waals surface area contributed by atoms with Gasteiger partial charge in [0.25, 0.3) is 10.0 Å². The van der Waals surface area contributed by atoms with E-state index in [4.69, 9.17) is 4.52 Å². The van der Waals surface area contributed by atoms with Crippen molar-refractivity contribution >= 4 is 10.0 Å². The Kier molecular flexibility index (Phi) is 4.83. The highest BCUT2D eigenvalue weighted by atomic mass is 32.2. The number of hydrogen-bond acceptors (Lipinski definition) is 7. The average Bonchev–Trinajstić information content (AvgIpc) is 3.35. The normalized spacial score (nSPS) is 23.8. The highest BCUT2D eigenvalue weighted by Crippen LogP contribution is 2.48. The van der Waals surface area contributed by atoms with E-state index in [1.54, 1.807) is 22.1 Å². The number of nitrogens with zero attached hydrogens (tertiary/aromatic N) is 6. The van der Waals surface area contributed by atoms with Crippen LogP contribution in [0.25, 0.3) is 0 Å². The van der Waals surface area contributed by atoms with Gasteiger partial charge in [0.05, 0.1) is 12.4 Å².